The second-order valence-electron chi connectivity index (χ2n) is 6.48. The van der Waals surface area contributed by atoms with Gasteiger partial charge in [-0.05, 0) is 48.5 Å². The van der Waals surface area contributed by atoms with Crippen LogP contribution in [-0.2, 0) is 11.8 Å². The van der Waals surface area contributed by atoms with Crippen molar-refractivity contribution in [3.05, 3.63) is 88.7 Å². The molecule has 0 spiro atoms. The fraction of sp³-hybridized carbons (Fsp3) is 0.0870. The van der Waals surface area contributed by atoms with E-state index in [2.05, 4.69) is 4.99 Å². The second-order valence-corrected chi connectivity index (χ2v) is 7.49. The van der Waals surface area contributed by atoms with Crippen molar-refractivity contribution in [2.75, 3.05) is 7.11 Å². The van der Waals surface area contributed by atoms with Gasteiger partial charge in [-0.25, -0.2) is 4.79 Å². The molecule has 1 amide bonds. The maximum Gasteiger partial charge on any atom is 0.337 e. The molecule has 0 N–H and O–H groups in total. The molecule has 4 aromatic rings. The minimum atomic E-state index is -0.405. The van der Waals surface area contributed by atoms with Crippen molar-refractivity contribution in [1.82, 2.24) is 4.57 Å². The molecule has 0 atom stereocenters. The van der Waals surface area contributed by atoms with E-state index >= 15 is 0 Å². The Morgan fingerprint density at radius 1 is 0.900 bits per heavy atom. The Morgan fingerprint density at radius 2 is 1.67 bits per heavy atom. The van der Waals surface area contributed by atoms with E-state index in [-0.39, 0.29) is 5.91 Å². The first kappa shape index (κ1) is 19.6. The van der Waals surface area contributed by atoms with Crippen molar-refractivity contribution in [3.63, 3.8) is 0 Å². The molecule has 0 aliphatic heterocycles. The van der Waals surface area contributed by atoms with E-state index in [1.807, 2.05) is 48.0 Å². The summed E-state index contributed by atoms with van der Waals surface area (Å²) in [7, 11) is 3.17. The number of amides is 1. The quantitative estimate of drug-likeness (QED) is 0.456. The Bertz CT molecular complexity index is 1310. The van der Waals surface area contributed by atoms with Gasteiger partial charge in [0, 0.05) is 12.6 Å². The number of para-hydroxylation sites is 1. The SMILES string of the molecule is COC(=O)c1ccc2c(c1)sc(=NC(=O)c1cccc(Oc3ccccc3)c1)n2C. The van der Waals surface area contributed by atoms with E-state index in [4.69, 9.17) is 9.47 Å². The van der Waals surface area contributed by atoms with Crippen molar-refractivity contribution >= 4 is 33.4 Å². The molecule has 150 valence electrons. The van der Waals surface area contributed by atoms with Crippen LogP contribution in [0.1, 0.15) is 20.7 Å². The number of hydrogen-bond donors (Lipinski definition) is 0. The molecule has 1 aromatic heterocycles. The van der Waals surface area contributed by atoms with Gasteiger partial charge in [0.15, 0.2) is 4.80 Å². The third kappa shape index (κ3) is 4.01. The van der Waals surface area contributed by atoms with E-state index in [9.17, 15) is 9.59 Å². The normalized spacial score (nSPS) is 11.5. The van der Waals surface area contributed by atoms with Crippen LogP contribution in [0.25, 0.3) is 10.2 Å². The highest BCUT2D eigenvalue weighted by atomic mass is 32.1. The van der Waals surface area contributed by atoms with Crippen molar-refractivity contribution in [2.45, 2.75) is 0 Å². The Labute approximate surface area is 176 Å². The fourth-order valence-electron chi connectivity index (χ4n) is 2.95. The molecule has 0 bridgehead atoms. The number of methoxy groups -OCH3 is 1. The number of aryl methyl sites for hydroxylation is 1. The molecule has 0 aliphatic rings. The second kappa shape index (κ2) is 8.34. The van der Waals surface area contributed by atoms with E-state index in [0.717, 1.165) is 10.2 Å². The first-order chi connectivity index (χ1) is 14.5. The van der Waals surface area contributed by atoms with Gasteiger partial charge in [-0.15, -0.1) is 0 Å². The highest BCUT2D eigenvalue weighted by molar-refractivity contribution is 7.16. The molecule has 4 rings (SSSR count). The standard InChI is InChI=1S/C23H18N2O4S/c1-25-19-12-11-16(22(27)28-2)14-20(19)30-23(25)24-21(26)15-7-6-10-18(13-15)29-17-8-4-3-5-9-17/h3-14H,1-2H3. The number of ether oxygens (including phenoxy) is 2. The van der Waals surface area contributed by atoms with Gasteiger partial charge in [-0.3, -0.25) is 4.79 Å². The molecule has 0 aliphatic carbocycles. The zero-order chi connectivity index (χ0) is 21.1. The lowest BCUT2D eigenvalue weighted by Gasteiger charge is -2.06. The molecule has 7 heteroatoms. The third-order valence-electron chi connectivity index (χ3n) is 4.49. The van der Waals surface area contributed by atoms with Gasteiger partial charge >= 0.3 is 5.97 Å². The largest absolute Gasteiger partial charge is 0.465 e. The molecular formula is C23H18N2O4S. The molecule has 0 radical (unpaired) electrons. The maximum atomic E-state index is 12.8. The fourth-order valence-corrected chi connectivity index (χ4v) is 4.01. The molecule has 30 heavy (non-hydrogen) atoms. The minimum Gasteiger partial charge on any atom is -0.465 e. The van der Waals surface area contributed by atoms with Gasteiger partial charge in [-0.2, -0.15) is 4.99 Å². The number of aromatic nitrogens is 1. The lowest BCUT2D eigenvalue weighted by Crippen LogP contribution is -2.13. The average Bonchev–Trinajstić information content (AvgIpc) is 3.08. The number of rotatable bonds is 4. The van der Waals surface area contributed by atoms with Crippen LogP contribution in [-0.4, -0.2) is 23.6 Å². The van der Waals surface area contributed by atoms with Gasteiger partial charge < -0.3 is 14.0 Å². The summed E-state index contributed by atoms with van der Waals surface area (Å²) in [5.74, 6) is 0.476. The predicted octanol–water partition coefficient (Wildman–Crippen LogP) is 4.56. The zero-order valence-corrected chi connectivity index (χ0v) is 17.2. The lowest BCUT2D eigenvalue weighted by molar-refractivity contribution is 0.0601. The number of nitrogens with zero attached hydrogens (tertiary/aromatic N) is 2. The number of thiazole rings is 1. The number of fused-ring (bicyclic) bond motifs is 1. The number of benzene rings is 3. The number of hydrogen-bond acceptors (Lipinski definition) is 5. The summed E-state index contributed by atoms with van der Waals surface area (Å²) >= 11 is 1.33. The van der Waals surface area contributed by atoms with Crippen molar-refractivity contribution in [3.8, 4) is 11.5 Å². The summed E-state index contributed by atoms with van der Waals surface area (Å²) in [5.41, 5.74) is 1.76. The van der Waals surface area contributed by atoms with Crippen LogP contribution in [0, 0.1) is 0 Å². The van der Waals surface area contributed by atoms with Crippen LogP contribution in [0.3, 0.4) is 0 Å². The molecule has 1 heterocycles. The monoisotopic (exact) mass is 418 g/mol. The maximum absolute atomic E-state index is 12.8. The van der Waals surface area contributed by atoms with E-state index in [1.54, 1.807) is 36.4 Å². The smallest absolute Gasteiger partial charge is 0.337 e. The summed E-state index contributed by atoms with van der Waals surface area (Å²) in [6.07, 6.45) is 0. The topological polar surface area (TPSA) is 69.9 Å². The van der Waals surface area contributed by atoms with E-state index in [1.165, 1.54) is 18.4 Å². The first-order valence-corrected chi connectivity index (χ1v) is 9.97. The summed E-state index contributed by atoms with van der Waals surface area (Å²) in [6, 6.07) is 21.5. The average molecular weight is 418 g/mol. The Kier molecular flexibility index (Phi) is 5.45. The summed E-state index contributed by atoms with van der Waals surface area (Å²) in [4.78, 5) is 29.3. The van der Waals surface area contributed by atoms with Crippen molar-refractivity contribution in [1.29, 1.82) is 0 Å². The van der Waals surface area contributed by atoms with Gasteiger partial charge in [-0.1, -0.05) is 35.6 Å². The van der Waals surface area contributed by atoms with Crippen LogP contribution >= 0.6 is 11.3 Å². The van der Waals surface area contributed by atoms with E-state index in [0.29, 0.717) is 27.4 Å². The summed E-state index contributed by atoms with van der Waals surface area (Å²) in [5, 5.41) is 0. The predicted molar refractivity (Wildman–Crippen MR) is 115 cm³/mol. The Hall–Kier alpha value is -3.71. The van der Waals surface area contributed by atoms with Gasteiger partial charge in [0.25, 0.3) is 5.91 Å². The number of carbonyl (C=O) groups excluding carboxylic acids is 2. The van der Waals surface area contributed by atoms with Crippen LogP contribution in [0.2, 0.25) is 0 Å². The first-order valence-electron chi connectivity index (χ1n) is 9.15. The Balaban J connectivity index is 1.65. The molecule has 0 saturated heterocycles. The molecular weight excluding hydrogens is 400 g/mol. The van der Waals surface area contributed by atoms with Crippen molar-refractivity contribution < 1.29 is 19.1 Å². The summed E-state index contributed by atoms with van der Waals surface area (Å²) < 4.78 is 13.2. The molecule has 0 fully saturated rings. The van der Waals surface area contributed by atoms with Gasteiger partial charge in [0.1, 0.15) is 11.5 Å². The van der Waals surface area contributed by atoms with Crippen molar-refractivity contribution in [2.24, 2.45) is 12.0 Å². The lowest BCUT2D eigenvalue weighted by atomic mass is 10.2. The van der Waals surface area contributed by atoms with Crippen LogP contribution in [0.4, 0.5) is 0 Å². The molecule has 6 nitrogen and oxygen atoms in total. The molecule has 3 aromatic carbocycles. The number of esters is 1. The van der Waals surface area contributed by atoms with Gasteiger partial charge in [0.2, 0.25) is 0 Å². The number of carbonyl (C=O) groups is 2. The Morgan fingerprint density at radius 3 is 2.43 bits per heavy atom. The highest BCUT2D eigenvalue weighted by Gasteiger charge is 2.11. The minimum absolute atomic E-state index is 0.371. The van der Waals surface area contributed by atoms with E-state index < -0.39 is 5.97 Å². The van der Waals surface area contributed by atoms with Crippen LogP contribution < -0.4 is 9.54 Å². The molecule has 0 unspecified atom stereocenters. The molecule has 0 saturated carbocycles. The third-order valence-corrected chi connectivity index (χ3v) is 5.58. The summed E-state index contributed by atoms with van der Waals surface area (Å²) in [6.45, 7) is 0. The zero-order valence-electron chi connectivity index (χ0n) is 16.4. The van der Waals surface area contributed by atoms with Crippen LogP contribution in [0.15, 0.2) is 77.8 Å². The van der Waals surface area contributed by atoms with Crippen LogP contribution in [0.5, 0.6) is 11.5 Å². The highest BCUT2D eigenvalue weighted by Crippen LogP contribution is 2.22. The van der Waals surface area contributed by atoms with Gasteiger partial charge in [0.05, 0.1) is 22.9 Å².